The van der Waals surface area contributed by atoms with Crippen molar-refractivity contribution in [2.24, 2.45) is 0 Å². The van der Waals surface area contributed by atoms with Crippen LogP contribution in [-0.2, 0) is 10.2 Å². The normalized spacial score (nSPS) is 11.0. The highest BCUT2D eigenvalue weighted by atomic mass is 35.5. The number of carbonyl (C=O) groups excluding carboxylic acids is 1. The van der Waals surface area contributed by atoms with Gasteiger partial charge in [-0.15, -0.1) is 0 Å². The van der Waals surface area contributed by atoms with Gasteiger partial charge in [0, 0.05) is 5.02 Å². The van der Waals surface area contributed by atoms with Crippen molar-refractivity contribution >= 4 is 23.2 Å². The van der Waals surface area contributed by atoms with Crippen LogP contribution in [0.2, 0.25) is 5.02 Å². The maximum Gasteiger partial charge on any atom is 0.234 e. The minimum Gasteiger partial charge on any atom is -0.495 e. The Bertz CT molecular complexity index is 638. The summed E-state index contributed by atoms with van der Waals surface area (Å²) in [5, 5.41) is 3.44. The van der Waals surface area contributed by atoms with Gasteiger partial charge in [0.25, 0.3) is 0 Å². The zero-order chi connectivity index (χ0) is 15.5. The highest BCUT2D eigenvalue weighted by Gasteiger charge is 2.30. The van der Waals surface area contributed by atoms with Gasteiger partial charge >= 0.3 is 0 Å². The van der Waals surface area contributed by atoms with Gasteiger partial charge in [-0.1, -0.05) is 41.9 Å². The minimum absolute atomic E-state index is 0.116. The summed E-state index contributed by atoms with van der Waals surface area (Å²) in [6.07, 6.45) is 0. The van der Waals surface area contributed by atoms with Crippen LogP contribution in [0.5, 0.6) is 5.75 Å². The Morgan fingerprint density at radius 3 is 2.43 bits per heavy atom. The maximum atomic E-state index is 12.6. The summed E-state index contributed by atoms with van der Waals surface area (Å²) in [6.45, 7) is 3.77. The Labute approximate surface area is 129 Å². The van der Waals surface area contributed by atoms with Crippen molar-refractivity contribution < 1.29 is 9.53 Å². The van der Waals surface area contributed by atoms with Crippen molar-refractivity contribution in [3.63, 3.8) is 0 Å². The molecule has 0 spiro atoms. The van der Waals surface area contributed by atoms with Gasteiger partial charge in [0.2, 0.25) is 5.91 Å². The molecule has 0 aromatic heterocycles. The zero-order valence-electron chi connectivity index (χ0n) is 12.3. The average Bonchev–Trinajstić information content (AvgIpc) is 2.48. The molecule has 2 aromatic carbocycles. The number of hydrogen-bond donors (Lipinski definition) is 1. The number of ether oxygens (including phenoxy) is 1. The standard InChI is InChI=1S/C17H18ClNO2/c1-17(2,12-7-5-4-6-8-12)16(20)19-14-11-13(18)9-10-15(14)21-3/h4-11H,1-3H3,(H,19,20). The first-order chi connectivity index (χ1) is 9.95. The van der Waals surface area contributed by atoms with E-state index in [2.05, 4.69) is 5.32 Å². The Morgan fingerprint density at radius 2 is 1.81 bits per heavy atom. The molecule has 1 N–H and O–H groups in total. The van der Waals surface area contributed by atoms with Crippen molar-refractivity contribution in [2.75, 3.05) is 12.4 Å². The van der Waals surface area contributed by atoms with E-state index in [1.54, 1.807) is 25.3 Å². The number of nitrogens with one attached hydrogen (secondary N) is 1. The van der Waals surface area contributed by atoms with Gasteiger partial charge in [0.1, 0.15) is 5.75 Å². The molecule has 3 nitrogen and oxygen atoms in total. The lowest BCUT2D eigenvalue weighted by atomic mass is 9.83. The second-order valence-electron chi connectivity index (χ2n) is 5.29. The van der Waals surface area contributed by atoms with Crippen LogP contribution < -0.4 is 10.1 Å². The molecule has 0 saturated carbocycles. The van der Waals surface area contributed by atoms with E-state index in [4.69, 9.17) is 16.3 Å². The Kier molecular flexibility index (Phi) is 4.53. The summed E-state index contributed by atoms with van der Waals surface area (Å²) in [6, 6.07) is 14.8. The molecule has 1 amide bonds. The fourth-order valence-electron chi connectivity index (χ4n) is 2.04. The molecule has 0 atom stereocenters. The van der Waals surface area contributed by atoms with Crippen LogP contribution in [0.25, 0.3) is 0 Å². The van der Waals surface area contributed by atoms with Gasteiger partial charge in [-0.25, -0.2) is 0 Å². The lowest BCUT2D eigenvalue weighted by Crippen LogP contribution is -2.34. The van der Waals surface area contributed by atoms with Crippen molar-refractivity contribution in [1.82, 2.24) is 0 Å². The van der Waals surface area contributed by atoms with Crippen molar-refractivity contribution in [3.05, 3.63) is 59.1 Å². The molecule has 2 aromatic rings. The third kappa shape index (κ3) is 3.37. The van der Waals surface area contributed by atoms with Crippen LogP contribution in [-0.4, -0.2) is 13.0 Å². The molecule has 0 aliphatic heterocycles. The van der Waals surface area contributed by atoms with Gasteiger partial charge < -0.3 is 10.1 Å². The van der Waals surface area contributed by atoms with Crippen molar-refractivity contribution in [3.8, 4) is 5.75 Å². The highest BCUT2D eigenvalue weighted by Crippen LogP contribution is 2.30. The Hall–Kier alpha value is -2.00. The van der Waals surface area contributed by atoms with E-state index in [0.717, 1.165) is 5.56 Å². The van der Waals surface area contributed by atoms with Gasteiger partial charge in [-0.3, -0.25) is 4.79 Å². The maximum absolute atomic E-state index is 12.6. The first kappa shape index (κ1) is 15.4. The predicted molar refractivity (Wildman–Crippen MR) is 86.1 cm³/mol. The number of rotatable bonds is 4. The number of methoxy groups -OCH3 is 1. The number of amides is 1. The molecule has 0 radical (unpaired) electrons. The third-order valence-corrected chi connectivity index (χ3v) is 3.71. The van der Waals surface area contributed by atoms with Crippen LogP contribution in [0, 0.1) is 0 Å². The fraction of sp³-hybridized carbons (Fsp3) is 0.235. The van der Waals surface area contributed by atoms with E-state index in [0.29, 0.717) is 16.5 Å². The molecule has 0 aliphatic carbocycles. The third-order valence-electron chi connectivity index (χ3n) is 3.47. The molecule has 110 valence electrons. The van der Waals surface area contributed by atoms with Crippen LogP contribution in [0.4, 0.5) is 5.69 Å². The number of anilines is 1. The monoisotopic (exact) mass is 303 g/mol. The van der Waals surface area contributed by atoms with E-state index in [9.17, 15) is 4.79 Å². The lowest BCUT2D eigenvalue weighted by Gasteiger charge is -2.24. The molecule has 0 heterocycles. The van der Waals surface area contributed by atoms with Crippen LogP contribution in [0.1, 0.15) is 19.4 Å². The summed E-state index contributed by atoms with van der Waals surface area (Å²) >= 11 is 5.98. The van der Waals surface area contributed by atoms with Crippen molar-refractivity contribution in [2.45, 2.75) is 19.3 Å². The van der Waals surface area contributed by atoms with Gasteiger partial charge in [-0.05, 0) is 37.6 Å². The first-order valence-electron chi connectivity index (χ1n) is 6.65. The molecule has 0 saturated heterocycles. The molecule has 0 aliphatic rings. The van der Waals surface area contributed by atoms with Crippen molar-refractivity contribution in [1.29, 1.82) is 0 Å². The zero-order valence-corrected chi connectivity index (χ0v) is 13.1. The molecule has 21 heavy (non-hydrogen) atoms. The van der Waals surface area contributed by atoms with E-state index < -0.39 is 5.41 Å². The minimum atomic E-state index is -0.658. The number of halogens is 1. The van der Waals surface area contributed by atoms with E-state index >= 15 is 0 Å². The van der Waals surface area contributed by atoms with E-state index in [-0.39, 0.29) is 5.91 Å². The number of carbonyl (C=O) groups is 1. The SMILES string of the molecule is COc1ccc(Cl)cc1NC(=O)C(C)(C)c1ccccc1. The van der Waals surface area contributed by atoms with E-state index in [1.165, 1.54) is 0 Å². The fourth-order valence-corrected chi connectivity index (χ4v) is 2.21. The van der Waals surface area contributed by atoms with Gasteiger partial charge in [-0.2, -0.15) is 0 Å². The second kappa shape index (κ2) is 6.19. The summed E-state index contributed by atoms with van der Waals surface area (Å²) in [4.78, 5) is 12.6. The molecule has 4 heteroatoms. The Morgan fingerprint density at radius 1 is 1.14 bits per heavy atom. The van der Waals surface area contributed by atoms with Crippen LogP contribution in [0.15, 0.2) is 48.5 Å². The largest absolute Gasteiger partial charge is 0.495 e. The molecular formula is C17H18ClNO2. The number of benzene rings is 2. The summed E-state index contributed by atoms with van der Waals surface area (Å²) in [7, 11) is 1.56. The predicted octanol–water partition coefficient (Wildman–Crippen LogP) is 4.26. The molecule has 0 fully saturated rings. The van der Waals surface area contributed by atoms with Crippen LogP contribution >= 0.6 is 11.6 Å². The molecule has 2 rings (SSSR count). The molecule has 0 bridgehead atoms. The van der Waals surface area contributed by atoms with Gasteiger partial charge in [0.15, 0.2) is 0 Å². The lowest BCUT2D eigenvalue weighted by molar-refractivity contribution is -0.120. The summed E-state index contributed by atoms with van der Waals surface area (Å²) in [5.41, 5.74) is 0.858. The van der Waals surface area contributed by atoms with E-state index in [1.807, 2.05) is 44.2 Å². The summed E-state index contributed by atoms with van der Waals surface area (Å²) in [5.74, 6) is 0.464. The number of hydrogen-bond acceptors (Lipinski definition) is 2. The molecular weight excluding hydrogens is 286 g/mol. The molecule has 0 unspecified atom stereocenters. The average molecular weight is 304 g/mol. The topological polar surface area (TPSA) is 38.3 Å². The highest BCUT2D eigenvalue weighted by molar-refractivity contribution is 6.31. The second-order valence-corrected chi connectivity index (χ2v) is 5.73. The van der Waals surface area contributed by atoms with Gasteiger partial charge in [0.05, 0.1) is 18.2 Å². The van der Waals surface area contributed by atoms with Crippen LogP contribution in [0.3, 0.4) is 0 Å². The Balaban J connectivity index is 2.27. The first-order valence-corrected chi connectivity index (χ1v) is 7.03. The summed E-state index contributed by atoms with van der Waals surface area (Å²) < 4.78 is 5.25. The quantitative estimate of drug-likeness (QED) is 0.916. The smallest absolute Gasteiger partial charge is 0.234 e.